The molecule has 0 N–H and O–H groups in total. The monoisotopic (exact) mass is 434 g/mol. The number of nitrogens with zero attached hydrogens (tertiary/aromatic N) is 5. The highest BCUT2D eigenvalue weighted by Crippen LogP contribution is 2.54. The van der Waals surface area contributed by atoms with Gasteiger partial charge in [-0.3, -0.25) is 18.7 Å². The number of aryl methyl sites for hydroxylation is 2. The molecule has 2 aliphatic rings. The van der Waals surface area contributed by atoms with Crippen molar-refractivity contribution in [2.24, 2.45) is 0 Å². The Balaban J connectivity index is 1.69. The summed E-state index contributed by atoms with van der Waals surface area (Å²) in [5, 5.41) is 7.62. The van der Waals surface area contributed by atoms with Gasteiger partial charge in [-0.1, -0.05) is 5.21 Å². The van der Waals surface area contributed by atoms with Crippen molar-refractivity contribution >= 4 is 13.7 Å². The van der Waals surface area contributed by atoms with Gasteiger partial charge in [0.05, 0.1) is 19.3 Å². The van der Waals surface area contributed by atoms with Gasteiger partial charge in [-0.25, -0.2) is 18.3 Å². The van der Waals surface area contributed by atoms with E-state index in [0.717, 1.165) is 4.57 Å². The van der Waals surface area contributed by atoms with Crippen LogP contribution in [0.3, 0.4) is 0 Å². The minimum absolute atomic E-state index is 0.00421. The summed E-state index contributed by atoms with van der Waals surface area (Å²) in [5.41, 5.74) is -3.39. The maximum atomic E-state index is 14.9. The molecule has 2 radical (unpaired) electrons. The molecule has 10 nitrogen and oxygen atoms in total. The Bertz CT molecular complexity index is 1130. The van der Waals surface area contributed by atoms with Crippen LogP contribution in [-0.2, 0) is 28.3 Å². The van der Waals surface area contributed by atoms with Gasteiger partial charge in [-0.15, -0.1) is 5.10 Å². The molecule has 0 aliphatic carbocycles. The number of halogens is 2. The molecule has 3 unspecified atom stereocenters. The first kappa shape index (κ1) is 21.4. The van der Waals surface area contributed by atoms with Crippen molar-refractivity contribution in [3.05, 3.63) is 44.5 Å². The lowest BCUT2D eigenvalue weighted by molar-refractivity contribution is -0.122. The number of fused-ring (bicyclic) bond motifs is 2. The van der Waals surface area contributed by atoms with E-state index in [2.05, 4.69) is 10.3 Å². The summed E-state index contributed by atoms with van der Waals surface area (Å²) in [6, 6.07) is 0. The second-order valence-corrected chi connectivity index (χ2v) is 7.91. The number of hydrogen-bond donors (Lipinski definition) is 0. The predicted molar refractivity (Wildman–Crippen MR) is 102 cm³/mol. The molecular formula is C18H20BF2N5O5. The smallest absolute Gasteiger partial charge is 0.333 e. The van der Waals surface area contributed by atoms with Crippen LogP contribution in [0.1, 0.15) is 30.5 Å². The highest BCUT2D eigenvalue weighted by atomic mass is 19.1. The van der Waals surface area contributed by atoms with Crippen molar-refractivity contribution in [2.75, 3.05) is 13.3 Å². The van der Waals surface area contributed by atoms with Crippen LogP contribution in [0.2, 0.25) is 0 Å². The summed E-state index contributed by atoms with van der Waals surface area (Å²) in [4.78, 5) is 36.9. The predicted octanol–water partition coefficient (Wildman–Crippen LogP) is 0.177. The van der Waals surface area contributed by atoms with E-state index in [1.54, 1.807) is 0 Å². The van der Waals surface area contributed by atoms with E-state index < -0.39 is 41.3 Å². The van der Waals surface area contributed by atoms with E-state index in [9.17, 15) is 23.2 Å². The average Bonchev–Trinajstić information content (AvgIpc) is 3.39. The third kappa shape index (κ3) is 3.60. The zero-order valence-electron chi connectivity index (χ0n) is 16.8. The van der Waals surface area contributed by atoms with Crippen LogP contribution >= 0.6 is 0 Å². The molecular weight excluding hydrogens is 414 g/mol. The van der Waals surface area contributed by atoms with Crippen molar-refractivity contribution in [2.45, 2.75) is 56.8 Å². The average molecular weight is 434 g/mol. The van der Waals surface area contributed by atoms with Crippen LogP contribution in [0.4, 0.5) is 13.6 Å². The highest BCUT2D eigenvalue weighted by Gasteiger charge is 2.64. The molecule has 2 aromatic heterocycles. The van der Waals surface area contributed by atoms with E-state index in [-0.39, 0.29) is 38.1 Å². The van der Waals surface area contributed by atoms with Crippen molar-refractivity contribution in [1.29, 1.82) is 0 Å². The molecule has 4 rings (SSSR count). The van der Waals surface area contributed by atoms with E-state index in [0.29, 0.717) is 12.1 Å². The molecule has 0 saturated carbocycles. The van der Waals surface area contributed by atoms with E-state index >= 15 is 0 Å². The molecule has 3 atom stereocenters. The first-order valence-electron chi connectivity index (χ1n) is 9.75. The lowest BCUT2D eigenvalue weighted by Gasteiger charge is -2.28. The van der Waals surface area contributed by atoms with Gasteiger partial charge in [0.15, 0.2) is 5.72 Å². The van der Waals surface area contributed by atoms with E-state index in [1.807, 2.05) is 0 Å². The summed E-state index contributed by atoms with van der Waals surface area (Å²) >= 11 is 0. The van der Waals surface area contributed by atoms with Crippen LogP contribution in [0.5, 0.6) is 0 Å². The molecule has 2 aromatic rings. The van der Waals surface area contributed by atoms with Crippen LogP contribution < -0.4 is 11.2 Å². The molecule has 31 heavy (non-hydrogen) atoms. The zero-order chi connectivity index (χ0) is 22.4. The second-order valence-electron chi connectivity index (χ2n) is 7.91. The molecule has 2 saturated heterocycles. The first-order valence-corrected chi connectivity index (χ1v) is 9.75. The minimum atomic E-state index is -1.49. The standard InChI is InChI=1S/C18H20BF2N5O5/c1-11-7-26(18-3-2-17(31-18,13(21)6-18)10-30-15(19)28)16(29)25(14(11)27)9-12-8-24(5-4-20)23-22-12/h7-8,13H,2-6,9-10H2,1H3/i20-1. The van der Waals surface area contributed by atoms with Gasteiger partial charge in [-0.05, 0) is 19.8 Å². The van der Waals surface area contributed by atoms with Gasteiger partial charge in [0.1, 0.15) is 30.7 Å². The van der Waals surface area contributed by atoms with Crippen molar-refractivity contribution in [3.8, 4) is 0 Å². The highest BCUT2D eigenvalue weighted by molar-refractivity contribution is 6.55. The summed E-state index contributed by atoms with van der Waals surface area (Å²) in [6.07, 6.45) is 1.67. The third-order valence-electron chi connectivity index (χ3n) is 5.86. The second kappa shape index (κ2) is 7.70. The quantitative estimate of drug-likeness (QED) is 0.572. The lowest BCUT2D eigenvalue weighted by atomic mass is 9.84. The minimum Gasteiger partial charge on any atom is -0.471 e. The van der Waals surface area contributed by atoms with Gasteiger partial charge in [-0.2, -0.15) is 0 Å². The molecule has 0 spiro atoms. The van der Waals surface area contributed by atoms with Gasteiger partial charge in [0, 0.05) is 18.2 Å². The number of rotatable bonds is 7. The normalized spacial score (nSPS) is 27.0. The van der Waals surface area contributed by atoms with E-state index in [4.69, 9.17) is 17.3 Å². The van der Waals surface area contributed by atoms with Crippen LogP contribution in [0.15, 0.2) is 22.0 Å². The van der Waals surface area contributed by atoms with Gasteiger partial charge >= 0.3 is 5.69 Å². The Labute approximate surface area is 176 Å². The fraction of sp³-hybridized carbons (Fsp3) is 0.611. The summed E-state index contributed by atoms with van der Waals surface area (Å²) in [6.45, 7) is 0.356. The van der Waals surface area contributed by atoms with Gasteiger partial charge in [0.2, 0.25) is 13.7 Å². The maximum absolute atomic E-state index is 14.9. The molecule has 0 aromatic carbocycles. The number of alkyl halides is 2. The lowest BCUT2D eigenvalue weighted by Crippen LogP contribution is -2.48. The molecule has 2 aliphatic heterocycles. The van der Waals surface area contributed by atoms with Crippen LogP contribution in [0, 0.1) is 6.92 Å². The number of carbonyl (C=O) groups is 1. The zero-order valence-corrected chi connectivity index (χ0v) is 16.8. The number of ether oxygens (including phenoxy) is 2. The summed E-state index contributed by atoms with van der Waals surface area (Å²) < 4.78 is 41.6. The molecule has 4 heterocycles. The molecule has 13 heteroatoms. The van der Waals surface area contributed by atoms with Gasteiger partial charge < -0.3 is 9.47 Å². The largest absolute Gasteiger partial charge is 0.471 e. The number of aromatic nitrogens is 5. The first-order chi connectivity index (χ1) is 14.7. The van der Waals surface area contributed by atoms with Crippen molar-refractivity contribution in [1.82, 2.24) is 24.1 Å². The number of carbonyl (C=O) groups excluding carboxylic acids is 1. The topological polar surface area (TPSA) is 110 Å². The Morgan fingerprint density at radius 3 is 2.84 bits per heavy atom. The summed E-state index contributed by atoms with van der Waals surface area (Å²) in [5.74, 6) is -1.04. The fourth-order valence-corrected chi connectivity index (χ4v) is 4.31. The SMILES string of the molecule is [B]C(=O)OCC12CCC(n3cc(C)c(=O)n(Cc4cn(CC[18F])nn4)c3=O)(CC1F)O2. The summed E-state index contributed by atoms with van der Waals surface area (Å²) in [7, 11) is 5.00. The molecule has 2 fully saturated rings. The Morgan fingerprint density at radius 1 is 1.39 bits per heavy atom. The van der Waals surface area contributed by atoms with Crippen LogP contribution in [-0.4, -0.2) is 62.9 Å². The Kier molecular flexibility index (Phi) is 5.32. The molecule has 2 bridgehead atoms. The number of hydrogen-bond acceptors (Lipinski definition) is 7. The molecule has 0 amide bonds. The molecule has 164 valence electrons. The Hall–Kier alpha value is -2.83. The Morgan fingerprint density at radius 2 is 2.16 bits per heavy atom. The van der Waals surface area contributed by atoms with Crippen LogP contribution in [0.25, 0.3) is 0 Å². The van der Waals surface area contributed by atoms with E-state index in [1.165, 1.54) is 28.6 Å². The van der Waals surface area contributed by atoms with Crippen molar-refractivity contribution in [3.63, 3.8) is 0 Å². The fourth-order valence-electron chi connectivity index (χ4n) is 4.31. The maximum Gasteiger partial charge on any atom is 0.333 e. The van der Waals surface area contributed by atoms with Crippen molar-refractivity contribution < 1.29 is 23.0 Å². The van der Waals surface area contributed by atoms with Gasteiger partial charge in [0.25, 0.3) is 5.56 Å². The third-order valence-corrected chi connectivity index (χ3v) is 5.86.